The monoisotopic (exact) mass is 319 g/mol. The van der Waals surface area contributed by atoms with E-state index in [1.165, 1.54) is 49.7 Å². The van der Waals surface area contributed by atoms with Crippen LogP contribution in [0, 0.1) is 0 Å². The Kier molecular flexibility index (Phi) is 4.62. The highest BCUT2D eigenvalue weighted by Crippen LogP contribution is 2.46. The lowest BCUT2D eigenvalue weighted by molar-refractivity contribution is -0.116. The summed E-state index contributed by atoms with van der Waals surface area (Å²) in [5.74, 6) is 1.81. The maximum absolute atomic E-state index is 11.2. The van der Waals surface area contributed by atoms with Gasteiger partial charge in [-0.3, -0.25) is 4.79 Å². The molecular formula is C17H25N3OS. The highest BCUT2D eigenvalue weighted by Gasteiger charge is 2.32. The second-order valence-electron chi connectivity index (χ2n) is 6.53. The second-order valence-corrected chi connectivity index (χ2v) is 7.60. The lowest BCUT2D eigenvalue weighted by Gasteiger charge is -2.24. The Hall–Kier alpha value is -1.23. The number of carbonyl (C=O) groups is 1. The number of thioether (sulfide) groups is 1. The van der Waals surface area contributed by atoms with E-state index in [1.807, 2.05) is 18.7 Å². The Labute approximate surface area is 136 Å². The zero-order valence-electron chi connectivity index (χ0n) is 13.5. The maximum Gasteiger partial charge on any atom is 0.223 e. The van der Waals surface area contributed by atoms with E-state index in [9.17, 15) is 4.79 Å². The molecule has 0 atom stereocenters. The van der Waals surface area contributed by atoms with Crippen LogP contribution in [0.2, 0.25) is 0 Å². The molecule has 5 heteroatoms. The molecule has 0 unspecified atom stereocenters. The molecule has 0 radical (unpaired) electrons. The van der Waals surface area contributed by atoms with E-state index in [0.29, 0.717) is 6.04 Å². The van der Waals surface area contributed by atoms with Crippen molar-refractivity contribution in [3.05, 3.63) is 21.9 Å². The normalized spacial score (nSPS) is 24.4. The van der Waals surface area contributed by atoms with E-state index in [4.69, 9.17) is 10.7 Å². The molecule has 2 N–H and O–H groups in total. The fourth-order valence-corrected chi connectivity index (χ4v) is 4.58. The highest BCUT2D eigenvalue weighted by molar-refractivity contribution is 8.03. The van der Waals surface area contributed by atoms with E-state index in [1.54, 1.807) is 4.91 Å². The van der Waals surface area contributed by atoms with Gasteiger partial charge in [-0.05, 0) is 55.9 Å². The zero-order chi connectivity index (χ0) is 15.7. The number of aliphatic imine (C=N–C) groups is 1. The van der Waals surface area contributed by atoms with Gasteiger partial charge in [-0.15, -0.1) is 11.8 Å². The first-order chi connectivity index (χ1) is 10.6. The lowest BCUT2D eigenvalue weighted by Crippen LogP contribution is -2.23. The topological polar surface area (TPSA) is 58.7 Å². The van der Waals surface area contributed by atoms with Crippen LogP contribution in [-0.2, 0) is 4.79 Å². The second kappa shape index (κ2) is 6.49. The largest absolute Gasteiger partial charge is 0.369 e. The van der Waals surface area contributed by atoms with Gasteiger partial charge in [-0.2, -0.15) is 0 Å². The minimum atomic E-state index is -0.307. The summed E-state index contributed by atoms with van der Waals surface area (Å²) in [4.78, 5) is 19.9. The van der Waals surface area contributed by atoms with Gasteiger partial charge in [-0.1, -0.05) is 0 Å². The Balaban J connectivity index is 1.96. The van der Waals surface area contributed by atoms with Gasteiger partial charge in [0.15, 0.2) is 0 Å². The van der Waals surface area contributed by atoms with Crippen molar-refractivity contribution in [2.75, 3.05) is 12.8 Å². The van der Waals surface area contributed by atoms with Crippen LogP contribution in [0.5, 0.6) is 0 Å². The molecule has 3 aliphatic rings. The standard InChI is InChI=1S/C17H25N3OS/c1-11(9-16(18)21)19-17(20(2)12-7-8-12)14-10-22-15-6-4-3-5-13(14)15/h12H,3-10H2,1-2H3,(H2,18,21)/b17-14-,19-11+. The van der Waals surface area contributed by atoms with E-state index >= 15 is 0 Å². The van der Waals surface area contributed by atoms with Crippen molar-refractivity contribution in [2.45, 2.75) is 57.9 Å². The third-order valence-electron chi connectivity index (χ3n) is 4.60. The number of hydrogen-bond acceptors (Lipinski definition) is 4. The predicted octanol–water partition coefficient (Wildman–Crippen LogP) is 3.20. The molecule has 0 aromatic heterocycles. The summed E-state index contributed by atoms with van der Waals surface area (Å²) in [6, 6.07) is 0.617. The number of amides is 1. The van der Waals surface area contributed by atoms with Crippen LogP contribution in [0.1, 0.15) is 51.9 Å². The van der Waals surface area contributed by atoms with Crippen LogP contribution in [0.3, 0.4) is 0 Å². The molecule has 22 heavy (non-hydrogen) atoms. The average molecular weight is 319 g/mol. The molecule has 2 aliphatic carbocycles. The van der Waals surface area contributed by atoms with E-state index in [-0.39, 0.29) is 12.3 Å². The van der Waals surface area contributed by atoms with Crippen molar-refractivity contribution < 1.29 is 4.79 Å². The Morgan fingerprint density at radius 3 is 2.77 bits per heavy atom. The van der Waals surface area contributed by atoms with Crippen molar-refractivity contribution in [2.24, 2.45) is 10.7 Å². The first-order valence-electron chi connectivity index (χ1n) is 8.20. The van der Waals surface area contributed by atoms with Crippen LogP contribution >= 0.6 is 11.8 Å². The van der Waals surface area contributed by atoms with Crippen molar-refractivity contribution in [3.63, 3.8) is 0 Å². The third-order valence-corrected chi connectivity index (χ3v) is 5.83. The molecule has 0 aromatic carbocycles. The minimum Gasteiger partial charge on any atom is -0.369 e. The summed E-state index contributed by atoms with van der Waals surface area (Å²) >= 11 is 1.99. The van der Waals surface area contributed by atoms with Gasteiger partial charge in [0.1, 0.15) is 5.82 Å². The SMILES string of the molecule is C/C(CC(N)=O)=N\C(=C1/CSC2=C1CCCC2)N(C)C1CC1. The molecule has 0 saturated heterocycles. The highest BCUT2D eigenvalue weighted by atomic mass is 32.2. The van der Waals surface area contributed by atoms with Crippen LogP contribution in [-0.4, -0.2) is 35.4 Å². The summed E-state index contributed by atoms with van der Waals surface area (Å²) in [6.07, 6.45) is 7.75. The fraction of sp³-hybridized carbons (Fsp3) is 0.647. The quantitative estimate of drug-likeness (QED) is 0.792. The maximum atomic E-state index is 11.2. The Morgan fingerprint density at radius 1 is 1.36 bits per heavy atom. The van der Waals surface area contributed by atoms with Crippen molar-refractivity contribution in [3.8, 4) is 0 Å². The Morgan fingerprint density at radius 2 is 2.09 bits per heavy atom. The van der Waals surface area contributed by atoms with Crippen LogP contribution in [0.15, 0.2) is 26.9 Å². The van der Waals surface area contributed by atoms with E-state index < -0.39 is 0 Å². The molecule has 1 saturated carbocycles. The molecule has 0 spiro atoms. The van der Waals surface area contributed by atoms with Gasteiger partial charge in [0, 0.05) is 30.1 Å². The van der Waals surface area contributed by atoms with Gasteiger partial charge in [0.25, 0.3) is 0 Å². The summed E-state index contributed by atoms with van der Waals surface area (Å²) in [5.41, 5.74) is 9.07. The molecule has 1 heterocycles. The van der Waals surface area contributed by atoms with Crippen molar-refractivity contribution >= 4 is 23.4 Å². The summed E-state index contributed by atoms with van der Waals surface area (Å²) in [5, 5.41) is 0. The fourth-order valence-electron chi connectivity index (χ4n) is 3.27. The first-order valence-corrected chi connectivity index (χ1v) is 9.18. The van der Waals surface area contributed by atoms with Crippen LogP contribution in [0.4, 0.5) is 0 Å². The number of rotatable bonds is 5. The number of carbonyl (C=O) groups excluding carboxylic acids is 1. The predicted molar refractivity (Wildman–Crippen MR) is 92.7 cm³/mol. The van der Waals surface area contributed by atoms with Crippen LogP contribution in [0.25, 0.3) is 0 Å². The zero-order valence-corrected chi connectivity index (χ0v) is 14.3. The molecule has 4 nitrogen and oxygen atoms in total. The minimum absolute atomic E-state index is 0.244. The van der Waals surface area contributed by atoms with Crippen molar-refractivity contribution in [1.29, 1.82) is 0 Å². The molecule has 120 valence electrons. The smallest absolute Gasteiger partial charge is 0.223 e. The van der Waals surface area contributed by atoms with Crippen molar-refractivity contribution in [1.82, 2.24) is 4.90 Å². The van der Waals surface area contributed by atoms with Gasteiger partial charge < -0.3 is 10.6 Å². The number of nitrogens with zero attached hydrogens (tertiary/aromatic N) is 2. The number of primary amides is 1. The van der Waals surface area contributed by atoms with E-state index in [0.717, 1.165) is 17.3 Å². The molecule has 1 amide bonds. The van der Waals surface area contributed by atoms with Gasteiger partial charge in [0.2, 0.25) is 5.91 Å². The molecule has 3 rings (SSSR count). The number of nitrogens with two attached hydrogens (primary N) is 1. The molecule has 1 aliphatic heterocycles. The summed E-state index contributed by atoms with van der Waals surface area (Å²) < 4.78 is 0. The first kappa shape index (κ1) is 15.7. The summed E-state index contributed by atoms with van der Waals surface area (Å²) in [6.45, 7) is 1.91. The molecule has 0 aromatic rings. The number of hydrogen-bond donors (Lipinski definition) is 1. The van der Waals surface area contributed by atoms with Gasteiger partial charge in [0.05, 0.1) is 6.42 Å². The lowest BCUT2D eigenvalue weighted by atomic mass is 9.94. The summed E-state index contributed by atoms with van der Waals surface area (Å²) in [7, 11) is 2.15. The molecular weight excluding hydrogens is 294 g/mol. The average Bonchev–Trinajstić information content (AvgIpc) is 3.23. The van der Waals surface area contributed by atoms with Gasteiger partial charge in [-0.25, -0.2) is 4.99 Å². The molecule has 0 bridgehead atoms. The van der Waals surface area contributed by atoms with Crippen LogP contribution < -0.4 is 5.73 Å². The Bertz CT molecular complexity index is 572. The number of allylic oxidation sites excluding steroid dienone is 2. The third kappa shape index (κ3) is 3.40. The van der Waals surface area contributed by atoms with E-state index in [2.05, 4.69) is 11.9 Å². The van der Waals surface area contributed by atoms with Gasteiger partial charge >= 0.3 is 0 Å². The molecule has 1 fully saturated rings.